The first-order valence-corrected chi connectivity index (χ1v) is 14.4. The van der Waals surface area contributed by atoms with E-state index in [0.29, 0.717) is 43.2 Å². The van der Waals surface area contributed by atoms with Crippen LogP contribution < -0.4 is 15.4 Å². The van der Waals surface area contributed by atoms with Gasteiger partial charge in [-0.25, -0.2) is 13.9 Å². The number of carbonyl (C=O) groups is 1. The Balaban J connectivity index is 1.50. The summed E-state index contributed by atoms with van der Waals surface area (Å²) in [6, 6.07) is 19.3. The number of hydrogen-bond acceptors (Lipinski definition) is 3. The summed E-state index contributed by atoms with van der Waals surface area (Å²) in [6.07, 6.45) is 1.30. The van der Waals surface area contributed by atoms with Crippen LogP contribution >= 0.6 is 23.2 Å². The van der Waals surface area contributed by atoms with Crippen LogP contribution in [-0.4, -0.2) is 45.4 Å². The fourth-order valence-electron chi connectivity index (χ4n) is 4.75. The third-order valence-corrected chi connectivity index (χ3v) is 8.91. The van der Waals surface area contributed by atoms with Crippen LogP contribution in [0.2, 0.25) is 10.0 Å². The summed E-state index contributed by atoms with van der Waals surface area (Å²) < 4.78 is 41.7. The molecule has 0 saturated carbocycles. The molecular formula is C27H29Cl2FN4O3S. The fraction of sp³-hybridized carbons (Fsp3) is 0.296. The van der Waals surface area contributed by atoms with E-state index in [9.17, 15) is 17.6 Å². The van der Waals surface area contributed by atoms with E-state index in [4.69, 9.17) is 23.2 Å². The highest BCUT2D eigenvalue weighted by atomic mass is 35.5. The lowest BCUT2D eigenvalue weighted by atomic mass is 9.80. The van der Waals surface area contributed by atoms with Crippen LogP contribution in [0.3, 0.4) is 0 Å². The largest absolute Gasteiger partial charge is 0.337 e. The normalized spacial score (nSPS) is 15.7. The average Bonchev–Trinajstić information content (AvgIpc) is 2.91. The lowest BCUT2D eigenvalue weighted by Gasteiger charge is -2.35. The van der Waals surface area contributed by atoms with E-state index in [1.807, 2.05) is 48.5 Å². The first-order chi connectivity index (χ1) is 18.2. The van der Waals surface area contributed by atoms with Crippen molar-refractivity contribution >= 4 is 45.1 Å². The molecule has 0 aromatic heterocycles. The first kappa shape index (κ1) is 28.3. The molecule has 0 aliphatic carbocycles. The van der Waals surface area contributed by atoms with Gasteiger partial charge in [-0.3, -0.25) is 0 Å². The number of nitrogens with zero attached hydrogens (tertiary/aromatic N) is 1. The standard InChI is InChI=1S/C27H29Cl2FN4O3S/c1-31-38(36,37)34-13-11-20(12-14-34)24(17-32-27(35)33-23-9-10-26(30)25(29)16-23)19-7-5-18(6-8-19)21-3-2-4-22(28)15-21/h2-10,15-16,20,24,31H,11-14,17H2,1H3,(H2,32,33,35). The molecule has 0 spiro atoms. The van der Waals surface area contributed by atoms with Gasteiger partial charge in [0.25, 0.3) is 10.2 Å². The van der Waals surface area contributed by atoms with E-state index < -0.39 is 22.1 Å². The number of nitrogens with one attached hydrogen (secondary N) is 3. The number of urea groups is 1. The van der Waals surface area contributed by atoms with E-state index in [-0.39, 0.29) is 16.9 Å². The summed E-state index contributed by atoms with van der Waals surface area (Å²) in [7, 11) is -2.08. The maximum atomic E-state index is 13.5. The number of anilines is 1. The van der Waals surface area contributed by atoms with Crippen LogP contribution in [0.1, 0.15) is 24.3 Å². The van der Waals surface area contributed by atoms with Crippen LogP contribution in [0.5, 0.6) is 0 Å². The van der Waals surface area contributed by atoms with E-state index in [1.165, 1.54) is 29.6 Å². The van der Waals surface area contributed by atoms with E-state index in [1.54, 1.807) is 0 Å². The number of carbonyl (C=O) groups excluding carboxylic acids is 1. The second-order valence-corrected chi connectivity index (χ2v) is 11.9. The Morgan fingerprint density at radius 1 is 1.03 bits per heavy atom. The summed E-state index contributed by atoms with van der Waals surface area (Å²) >= 11 is 12.0. The van der Waals surface area contributed by atoms with Crippen LogP contribution in [0.4, 0.5) is 14.9 Å². The minimum absolute atomic E-state index is 0.0505. The topological polar surface area (TPSA) is 90.5 Å². The second kappa shape index (κ2) is 12.4. The summed E-state index contributed by atoms with van der Waals surface area (Å²) in [5.74, 6) is -0.466. The lowest BCUT2D eigenvalue weighted by Crippen LogP contribution is -2.45. The first-order valence-electron chi connectivity index (χ1n) is 12.2. The van der Waals surface area contributed by atoms with Gasteiger partial charge in [0.1, 0.15) is 5.82 Å². The molecule has 0 radical (unpaired) electrons. The summed E-state index contributed by atoms with van der Waals surface area (Å²) in [5, 5.41) is 6.18. The molecule has 202 valence electrons. The van der Waals surface area contributed by atoms with Gasteiger partial charge in [0.2, 0.25) is 0 Å². The summed E-state index contributed by atoms with van der Waals surface area (Å²) in [6.45, 7) is 1.12. The number of amides is 2. The molecule has 0 bridgehead atoms. The molecule has 2 amide bonds. The number of piperidine rings is 1. The van der Waals surface area contributed by atoms with Crippen molar-refractivity contribution in [1.82, 2.24) is 14.3 Å². The Bertz CT molecular complexity index is 1380. The molecule has 1 saturated heterocycles. The van der Waals surface area contributed by atoms with Gasteiger partial charge < -0.3 is 10.6 Å². The monoisotopic (exact) mass is 578 g/mol. The molecule has 1 atom stereocenters. The van der Waals surface area contributed by atoms with Gasteiger partial charge in [-0.1, -0.05) is 59.6 Å². The predicted octanol–water partition coefficient (Wildman–Crippen LogP) is 5.88. The molecular weight excluding hydrogens is 550 g/mol. The number of benzene rings is 3. The van der Waals surface area contributed by atoms with Gasteiger partial charge in [0, 0.05) is 43.3 Å². The maximum Gasteiger partial charge on any atom is 0.319 e. The third kappa shape index (κ3) is 7.03. The minimum atomic E-state index is -3.49. The molecule has 38 heavy (non-hydrogen) atoms. The molecule has 1 heterocycles. The van der Waals surface area contributed by atoms with Gasteiger partial charge in [-0.2, -0.15) is 12.7 Å². The molecule has 4 rings (SSSR count). The van der Waals surface area contributed by atoms with Crippen molar-refractivity contribution in [2.45, 2.75) is 18.8 Å². The summed E-state index contributed by atoms with van der Waals surface area (Å²) in [4.78, 5) is 12.7. The van der Waals surface area contributed by atoms with Gasteiger partial charge in [-0.15, -0.1) is 0 Å². The van der Waals surface area contributed by atoms with E-state index in [0.717, 1.165) is 16.7 Å². The Morgan fingerprint density at radius 2 is 1.74 bits per heavy atom. The van der Waals surface area contributed by atoms with Crippen molar-refractivity contribution < 1.29 is 17.6 Å². The average molecular weight is 580 g/mol. The van der Waals surface area contributed by atoms with E-state index >= 15 is 0 Å². The SMILES string of the molecule is CNS(=O)(=O)N1CCC(C(CNC(=O)Nc2ccc(F)c(Cl)c2)c2ccc(-c3cccc(Cl)c3)cc2)CC1. The lowest BCUT2D eigenvalue weighted by molar-refractivity contribution is 0.232. The van der Waals surface area contributed by atoms with Crippen LogP contribution in [0.15, 0.2) is 66.7 Å². The van der Waals surface area contributed by atoms with Crippen molar-refractivity contribution in [1.29, 1.82) is 0 Å². The van der Waals surface area contributed by atoms with Crippen LogP contribution in [-0.2, 0) is 10.2 Å². The highest BCUT2D eigenvalue weighted by Gasteiger charge is 2.32. The fourth-order valence-corrected chi connectivity index (χ4v) is 6.07. The van der Waals surface area contributed by atoms with Crippen molar-refractivity contribution in [3.8, 4) is 11.1 Å². The molecule has 1 aliphatic rings. The highest BCUT2D eigenvalue weighted by Crippen LogP contribution is 2.34. The number of hydrogen-bond donors (Lipinski definition) is 3. The van der Waals surface area contributed by atoms with Crippen molar-refractivity contribution in [2.24, 2.45) is 5.92 Å². The zero-order chi connectivity index (χ0) is 27.3. The Kier molecular flexibility index (Phi) is 9.27. The molecule has 1 fully saturated rings. The molecule has 11 heteroatoms. The molecule has 1 unspecified atom stereocenters. The zero-order valence-corrected chi connectivity index (χ0v) is 23.1. The Morgan fingerprint density at radius 3 is 2.37 bits per heavy atom. The Hall–Kier alpha value is -2.69. The Labute approximate surface area is 232 Å². The smallest absolute Gasteiger partial charge is 0.319 e. The highest BCUT2D eigenvalue weighted by molar-refractivity contribution is 7.87. The predicted molar refractivity (Wildman–Crippen MR) is 150 cm³/mol. The van der Waals surface area contributed by atoms with Gasteiger partial charge in [-0.05, 0) is 65.8 Å². The minimum Gasteiger partial charge on any atom is -0.337 e. The van der Waals surface area contributed by atoms with Crippen LogP contribution in [0.25, 0.3) is 11.1 Å². The van der Waals surface area contributed by atoms with Crippen LogP contribution in [0, 0.1) is 11.7 Å². The molecule has 3 N–H and O–H groups in total. The van der Waals surface area contributed by atoms with Crippen molar-refractivity contribution in [3.05, 3.63) is 88.2 Å². The second-order valence-electron chi connectivity index (χ2n) is 9.15. The van der Waals surface area contributed by atoms with Crippen molar-refractivity contribution in [2.75, 3.05) is 32.0 Å². The number of halogens is 3. The molecule has 1 aliphatic heterocycles. The van der Waals surface area contributed by atoms with Gasteiger partial charge >= 0.3 is 6.03 Å². The zero-order valence-electron chi connectivity index (χ0n) is 20.8. The molecule has 3 aromatic carbocycles. The van der Waals surface area contributed by atoms with Gasteiger partial charge in [0.05, 0.1) is 5.02 Å². The summed E-state index contributed by atoms with van der Waals surface area (Å²) in [5.41, 5.74) is 3.43. The van der Waals surface area contributed by atoms with Crippen molar-refractivity contribution in [3.63, 3.8) is 0 Å². The maximum absolute atomic E-state index is 13.5. The van der Waals surface area contributed by atoms with E-state index in [2.05, 4.69) is 15.4 Å². The quantitative estimate of drug-likeness (QED) is 0.311. The van der Waals surface area contributed by atoms with Gasteiger partial charge in [0.15, 0.2) is 0 Å². The molecule has 3 aromatic rings. The third-order valence-electron chi connectivity index (χ3n) is 6.82. The number of rotatable bonds is 8. The molecule has 7 nitrogen and oxygen atoms in total.